The molecule has 80 valence electrons. The van der Waals surface area contributed by atoms with Gasteiger partial charge in [-0.2, -0.15) is 0 Å². The van der Waals surface area contributed by atoms with Crippen LogP contribution < -0.4 is 5.32 Å². The lowest BCUT2D eigenvalue weighted by molar-refractivity contribution is 0.283. The topological polar surface area (TPSA) is 50.1 Å². The Morgan fingerprint density at radius 3 is 3.07 bits per heavy atom. The number of aliphatic hydroxyl groups is 1. The Morgan fingerprint density at radius 1 is 1.50 bits per heavy atom. The number of imidazole rings is 1. The molecule has 14 heavy (non-hydrogen) atoms. The smallest absolute Gasteiger partial charge is 0.122 e. The fraction of sp³-hybridized carbons (Fsp3) is 0.700. The summed E-state index contributed by atoms with van der Waals surface area (Å²) in [5, 5.41) is 11.9. The largest absolute Gasteiger partial charge is 0.396 e. The van der Waals surface area contributed by atoms with E-state index in [9.17, 15) is 0 Å². The minimum absolute atomic E-state index is 0.283. The summed E-state index contributed by atoms with van der Waals surface area (Å²) in [5.74, 6) is 1.08. The number of aryl methyl sites for hydroxylation is 1. The Labute approximate surface area is 85.0 Å². The van der Waals surface area contributed by atoms with Crippen molar-refractivity contribution in [2.75, 3.05) is 13.2 Å². The van der Waals surface area contributed by atoms with Crippen LogP contribution in [0.4, 0.5) is 0 Å². The molecule has 0 bridgehead atoms. The fourth-order valence-corrected chi connectivity index (χ4v) is 1.36. The van der Waals surface area contributed by atoms with Crippen LogP contribution in [0.5, 0.6) is 0 Å². The number of unbranched alkanes of at least 4 members (excludes halogenated alkanes) is 1. The van der Waals surface area contributed by atoms with Gasteiger partial charge < -0.3 is 15.0 Å². The maximum Gasteiger partial charge on any atom is 0.122 e. The first-order valence-corrected chi connectivity index (χ1v) is 5.20. The zero-order valence-corrected chi connectivity index (χ0v) is 8.74. The molecule has 1 aromatic rings. The number of nitrogens with zero attached hydrogens (tertiary/aromatic N) is 2. The van der Waals surface area contributed by atoms with Crippen molar-refractivity contribution in [3.05, 3.63) is 18.2 Å². The van der Waals surface area contributed by atoms with E-state index in [0.29, 0.717) is 0 Å². The van der Waals surface area contributed by atoms with Gasteiger partial charge in [-0.25, -0.2) is 4.98 Å². The molecule has 4 nitrogen and oxygen atoms in total. The Bertz CT molecular complexity index is 247. The molecule has 1 aromatic heterocycles. The summed E-state index contributed by atoms with van der Waals surface area (Å²) in [4.78, 5) is 4.26. The lowest BCUT2D eigenvalue weighted by Gasteiger charge is -2.05. The molecule has 2 N–H and O–H groups in total. The Kier molecular flexibility index (Phi) is 5.25. The van der Waals surface area contributed by atoms with E-state index in [1.807, 2.05) is 12.4 Å². The van der Waals surface area contributed by atoms with Gasteiger partial charge in [-0.1, -0.05) is 0 Å². The van der Waals surface area contributed by atoms with Gasteiger partial charge in [0.15, 0.2) is 0 Å². The van der Waals surface area contributed by atoms with E-state index in [1.54, 1.807) is 0 Å². The van der Waals surface area contributed by atoms with Crippen molar-refractivity contribution in [3.63, 3.8) is 0 Å². The molecule has 1 heterocycles. The van der Waals surface area contributed by atoms with Crippen LogP contribution in [0.2, 0.25) is 0 Å². The summed E-state index contributed by atoms with van der Waals surface area (Å²) >= 11 is 0. The molecule has 0 amide bonds. The molecule has 0 aliphatic heterocycles. The lowest BCUT2D eigenvalue weighted by atomic mass is 10.3. The second kappa shape index (κ2) is 6.56. The molecule has 0 radical (unpaired) electrons. The van der Waals surface area contributed by atoms with Gasteiger partial charge in [0.1, 0.15) is 5.82 Å². The van der Waals surface area contributed by atoms with Crippen molar-refractivity contribution in [3.8, 4) is 0 Å². The Morgan fingerprint density at radius 2 is 2.36 bits per heavy atom. The van der Waals surface area contributed by atoms with Crippen LogP contribution in [0.1, 0.15) is 25.6 Å². The maximum absolute atomic E-state index is 8.59. The third-order valence-corrected chi connectivity index (χ3v) is 2.19. The molecule has 0 fully saturated rings. The first-order chi connectivity index (χ1) is 6.88. The summed E-state index contributed by atoms with van der Waals surface area (Å²) < 4.78 is 2.12. The first kappa shape index (κ1) is 11.2. The fourth-order valence-electron chi connectivity index (χ4n) is 1.36. The highest BCUT2D eigenvalue weighted by Crippen LogP contribution is 1.96. The molecule has 0 saturated heterocycles. The van der Waals surface area contributed by atoms with Gasteiger partial charge >= 0.3 is 0 Å². The van der Waals surface area contributed by atoms with E-state index in [1.165, 1.54) is 0 Å². The molecular formula is C10H19N3O. The second-order valence-electron chi connectivity index (χ2n) is 3.24. The minimum Gasteiger partial charge on any atom is -0.396 e. The van der Waals surface area contributed by atoms with E-state index in [-0.39, 0.29) is 6.61 Å². The van der Waals surface area contributed by atoms with Gasteiger partial charge in [0.25, 0.3) is 0 Å². The zero-order valence-electron chi connectivity index (χ0n) is 8.74. The molecule has 0 atom stereocenters. The zero-order chi connectivity index (χ0) is 10.2. The van der Waals surface area contributed by atoms with Crippen molar-refractivity contribution < 1.29 is 5.11 Å². The van der Waals surface area contributed by atoms with Crippen molar-refractivity contribution >= 4 is 0 Å². The quantitative estimate of drug-likeness (QED) is 0.635. The average molecular weight is 197 g/mol. The van der Waals surface area contributed by atoms with Crippen LogP contribution in [0.15, 0.2) is 12.4 Å². The Hall–Kier alpha value is -0.870. The molecule has 0 aliphatic carbocycles. The summed E-state index contributed by atoms with van der Waals surface area (Å²) in [7, 11) is 0. The van der Waals surface area contributed by atoms with Crippen LogP contribution in [0.3, 0.4) is 0 Å². The molecule has 0 spiro atoms. The van der Waals surface area contributed by atoms with Gasteiger partial charge in [0.05, 0.1) is 6.54 Å². The van der Waals surface area contributed by atoms with Crippen molar-refractivity contribution in [1.29, 1.82) is 0 Å². The van der Waals surface area contributed by atoms with E-state index in [2.05, 4.69) is 21.8 Å². The van der Waals surface area contributed by atoms with Crippen LogP contribution >= 0.6 is 0 Å². The molecule has 0 aromatic carbocycles. The number of aliphatic hydroxyl groups excluding tert-OH is 1. The number of aromatic nitrogens is 2. The molecule has 0 saturated carbocycles. The lowest BCUT2D eigenvalue weighted by Crippen LogP contribution is -2.18. The predicted molar refractivity (Wildman–Crippen MR) is 55.9 cm³/mol. The monoisotopic (exact) mass is 197 g/mol. The standard InChI is InChI=1S/C10H19N3O/c1-2-13-7-6-12-10(13)9-11-5-3-4-8-14/h6-7,11,14H,2-5,8-9H2,1H3. The number of hydrogen-bond acceptors (Lipinski definition) is 3. The Balaban J connectivity index is 2.17. The molecule has 0 unspecified atom stereocenters. The van der Waals surface area contributed by atoms with Gasteiger partial charge in [0.2, 0.25) is 0 Å². The van der Waals surface area contributed by atoms with Crippen LogP contribution in [0.25, 0.3) is 0 Å². The number of hydrogen-bond donors (Lipinski definition) is 2. The van der Waals surface area contributed by atoms with Crippen LogP contribution in [0, 0.1) is 0 Å². The molecule has 1 rings (SSSR count). The predicted octanol–water partition coefficient (Wildman–Crippen LogP) is 0.765. The SMILES string of the molecule is CCn1ccnc1CNCCCCO. The van der Waals surface area contributed by atoms with E-state index < -0.39 is 0 Å². The number of nitrogens with one attached hydrogen (secondary N) is 1. The summed E-state index contributed by atoms with van der Waals surface area (Å²) in [5.41, 5.74) is 0. The van der Waals surface area contributed by atoms with Gasteiger partial charge in [0, 0.05) is 25.5 Å². The van der Waals surface area contributed by atoms with Gasteiger partial charge in [-0.3, -0.25) is 0 Å². The highest BCUT2D eigenvalue weighted by molar-refractivity contribution is 4.91. The summed E-state index contributed by atoms with van der Waals surface area (Å²) in [6.45, 7) is 5.11. The third kappa shape index (κ3) is 3.47. The van der Waals surface area contributed by atoms with Crippen LogP contribution in [-0.4, -0.2) is 27.8 Å². The summed E-state index contributed by atoms with van der Waals surface area (Å²) in [6.07, 6.45) is 5.71. The first-order valence-electron chi connectivity index (χ1n) is 5.20. The molecular weight excluding hydrogens is 178 g/mol. The van der Waals surface area contributed by atoms with Gasteiger partial charge in [-0.15, -0.1) is 0 Å². The van der Waals surface area contributed by atoms with Crippen molar-refractivity contribution in [1.82, 2.24) is 14.9 Å². The normalized spacial score (nSPS) is 10.7. The minimum atomic E-state index is 0.283. The average Bonchev–Trinajstić information content (AvgIpc) is 2.65. The highest BCUT2D eigenvalue weighted by atomic mass is 16.2. The van der Waals surface area contributed by atoms with E-state index >= 15 is 0 Å². The highest BCUT2D eigenvalue weighted by Gasteiger charge is 1.98. The van der Waals surface area contributed by atoms with E-state index in [4.69, 9.17) is 5.11 Å². The van der Waals surface area contributed by atoms with Gasteiger partial charge in [-0.05, 0) is 26.3 Å². The molecule has 0 aliphatic rings. The number of rotatable bonds is 7. The van der Waals surface area contributed by atoms with Crippen molar-refractivity contribution in [2.45, 2.75) is 32.9 Å². The third-order valence-electron chi connectivity index (χ3n) is 2.19. The molecule has 4 heteroatoms. The summed E-state index contributed by atoms with van der Waals surface area (Å²) in [6, 6.07) is 0. The maximum atomic E-state index is 8.59. The van der Waals surface area contributed by atoms with Crippen LogP contribution in [-0.2, 0) is 13.1 Å². The second-order valence-corrected chi connectivity index (χ2v) is 3.24. The van der Waals surface area contributed by atoms with E-state index in [0.717, 1.165) is 38.3 Å². The van der Waals surface area contributed by atoms with Crippen molar-refractivity contribution in [2.24, 2.45) is 0 Å².